The van der Waals surface area contributed by atoms with E-state index in [9.17, 15) is 5.26 Å². The van der Waals surface area contributed by atoms with E-state index >= 15 is 0 Å². The van der Waals surface area contributed by atoms with E-state index in [1.54, 1.807) is 17.5 Å². The van der Waals surface area contributed by atoms with Crippen LogP contribution in [-0.4, -0.2) is 47.1 Å². The van der Waals surface area contributed by atoms with Crippen molar-refractivity contribution < 1.29 is 4.74 Å². The molecule has 7 nitrogen and oxygen atoms in total. The summed E-state index contributed by atoms with van der Waals surface area (Å²) in [5.41, 5.74) is 5.44. The van der Waals surface area contributed by atoms with Crippen LogP contribution in [0, 0.1) is 18.3 Å². The first-order chi connectivity index (χ1) is 17.0. The molecule has 0 unspecified atom stereocenters. The van der Waals surface area contributed by atoms with E-state index in [1.165, 1.54) is 0 Å². The zero-order valence-electron chi connectivity index (χ0n) is 19.9. The molecule has 0 amide bonds. The minimum atomic E-state index is 0.509. The van der Waals surface area contributed by atoms with Crippen molar-refractivity contribution in [2.24, 2.45) is 0 Å². The van der Waals surface area contributed by atoms with Gasteiger partial charge in [-0.1, -0.05) is 0 Å². The fourth-order valence-electron chi connectivity index (χ4n) is 4.07. The van der Waals surface area contributed by atoms with Crippen LogP contribution in [0.1, 0.15) is 17.5 Å². The van der Waals surface area contributed by atoms with E-state index in [-0.39, 0.29) is 0 Å². The van der Waals surface area contributed by atoms with Gasteiger partial charge in [-0.05, 0) is 63.3 Å². The van der Waals surface area contributed by atoms with Crippen LogP contribution >= 0.6 is 11.3 Å². The normalized spacial score (nSPS) is 11.3. The predicted molar refractivity (Wildman–Crippen MR) is 143 cm³/mol. The average molecular weight is 483 g/mol. The molecule has 35 heavy (non-hydrogen) atoms. The first-order valence-corrected chi connectivity index (χ1v) is 12.3. The third-order valence-electron chi connectivity index (χ3n) is 5.97. The van der Waals surface area contributed by atoms with Crippen LogP contribution in [0.25, 0.3) is 31.6 Å². The average Bonchev–Trinajstić information content (AvgIpc) is 3.52. The Kier molecular flexibility index (Phi) is 6.36. The number of H-pyrrole nitrogens is 1. The number of hydrogen-bond donors (Lipinski definition) is 2. The minimum Gasteiger partial charge on any atom is -0.478 e. The molecule has 0 radical (unpaired) electrons. The smallest absolute Gasteiger partial charge is 0.213 e. The quantitative estimate of drug-likeness (QED) is 0.260. The number of nitrogens with zero attached hydrogens (tertiary/aromatic N) is 4. The molecule has 4 heterocycles. The standard InChI is InChI=1S/C27H26N6OS/c1-17-20-9-10-29-23(20)7-6-22(17)32-26-19(14-28)16-31-27-21(26)13-24(35-27)18-5-8-25(30-15-18)34-12-4-11-33(2)3/h5-10,13,15-16,29H,4,11-12H2,1-3H3,(H,31,32). The highest BCUT2D eigenvalue weighted by atomic mass is 32.1. The largest absolute Gasteiger partial charge is 0.478 e. The Morgan fingerprint density at radius 1 is 1.11 bits per heavy atom. The number of ether oxygens (including phenoxy) is 1. The lowest BCUT2D eigenvalue weighted by Crippen LogP contribution is -2.15. The number of hydrogen-bond acceptors (Lipinski definition) is 7. The predicted octanol–water partition coefficient (Wildman–Crippen LogP) is 6.09. The molecule has 1 aromatic carbocycles. The summed E-state index contributed by atoms with van der Waals surface area (Å²) in [7, 11) is 4.10. The number of nitriles is 1. The number of aryl methyl sites for hydroxylation is 1. The maximum absolute atomic E-state index is 9.78. The zero-order chi connectivity index (χ0) is 24.4. The Bertz CT molecular complexity index is 1530. The van der Waals surface area contributed by atoms with Gasteiger partial charge < -0.3 is 19.9 Å². The second kappa shape index (κ2) is 9.74. The summed E-state index contributed by atoms with van der Waals surface area (Å²) in [5.74, 6) is 0.622. The number of aromatic nitrogens is 3. The monoisotopic (exact) mass is 482 g/mol. The Hall–Kier alpha value is -3.93. The topological polar surface area (TPSA) is 89.9 Å². The molecule has 5 rings (SSSR count). The van der Waals surface area contributed by atoms with Crippen molar-refractivity contribution in [3.63, 3.8) is 0 Å². The van der Waals surface area contributed by atoms with Crippen LogP contribution in [0.15, 0.2) is 55.0 Å². The number of rotatable bonds is 8. The van der Waals surface area contributed by atoms with Gasteiger partial charge in [-0.15, -0.1) is 11.3 Å². The molecule has 0 bridgehead atoms. The summed E-state index contributed by atoms with van der Waals surface area (Å²) in [6.07, 6.45) is 6.35. The number of thiophene rings is 1. The van der Waals surface area contributed by atoms with Crippen LogP contribution in [0.5, 0.6) is 5.88 Å². The van der Waals surface area contributed by atoms with Gasteiger partial charge in [0.05, 0.1) is 17.9 Å². The minimum absolute atomic E-state index is 0.509. The van der Waals surface area contributed by atoms with Crippen molar-refractivity contribution in [2.45, 2.75) is 13.3 Å². The maximum atomic E-state index is 9.78. The Balaban J connectivity index is 1.43. The van der Waals surface area contributed by atoms with Gasteiger partial charge in [-0.25, -0.2) is 9.97 Å². The Labute approximate surface area is 208 Å². The second-order valence-corrected chi connectivity index (χ2v) is 9.71. The van der Waals surface area contributed by atoms with Gasteiger partial charge >= 0.3 is 0 Å². The van der Waals surface area contributed by atoms with E-state index < -0.39 is 0 Å². The van der Waals surface area contributed by atoms with Crippen molar-refractivity contribution >= 4 is 43.8 Å². The van der Waals surface area contributed by atoms with Gasteiger partial charge in [0, 0.05) is 63.6 Å². The van der Waals surface area contributed by atoms with Gasteiger partial charge in [-0.2, -0.15) is 5.26 Å². The van der Waals surface area contributed by atoms with Crippen LogP contribution in [0.4, 0.5) is 11.4 Å². The summed E-state index contributed by atoms with van der Waals surface area (Å²) >= 11 is 1.58. The van der Waals surface area contributed by atoms with E-state index in [2.05, 4.69) is 64.4 Å². The number of anilines is 2. The summed E-state index contributed by atoms with van der Waals surface area (Å²) in [5, 5.41) is 15.4. The fourth-order valence-corrected chi connectivity index (χ4v) is 5.07. The Morgan fingerprint density at radius 2 is 2.00 bits per heavy atom. The molecular formula is C27H26N6OS. The Morgan fingerprint density at radius 3 is 2.77 bits per heavy atom. The maximum Gasteiger partial charge on any atom is 0.213 e. The van der Waals surface area contributed by atoms with Crippen LogP contribution in [0.2, 0.25) is 0 Å². The van der Waals surface area contributed by atoms with Gasteiger partial charge in [-0.3, -0.25) is 0 Å². The van der Waals surface area contributed by atoms with Crippen LogP contribution in [0.3, 0.4) is 0 Å². The van der Waals surface area contributed by atoms with Crippen molar-refractivity contribution in [2.75, 3.05) is 32.6 Å². The molecule has 2 N–H and O–H groups in total. The lowest BCUT2D eigenvalue weighted by Gasteiger charge is -2.12. The van der Waals surface area contributed by atoms with E-state index in [4.69, 9.17) is 4.74 Å². The number of nitrogens with one attached hydrogen (secondary N) is 2. The lowest BCUT2D eigenvalue weighted by molar-refractivity contribution is 0.273. The lowest BCUT2D eigenvalue weighted by atomic mass is 10.1. The van der Waals surface area contributed by atoms with Crippen LogP contribution < -0.4 is 10.1 Å². The zero-order valence-corrected chi connectivity index (χ0v) is 20.7. The first-order valence-electron chi connectivity index (χ1n) is 11.4. The summed E-state index contributed by atoms with van der Waals surface area (Å²) in [6, 6.07) is 14.4. The fraction of sp³-hybridized carbons (Fsp3) is 0.222. The highest BCUT2D eigenvalue weighted by molar-refractivity contribution is 7.21. The molecule has 0 fully saturated rings. The van der Waals surface area contributed by atoms with E-state index in [1.807, 2.05) is 36.7 Å². The second-order valence-electron chi connectivity index (χ2n) is 8.68. The third-order valence-corrected chi connectivity index (χ3v) is 7.06. The number of fused-ring (bicyclic) bond motifs is 2. The highest BCUT2D eigenvalue weighted by Crippen LogP contribution is 2.39. The molecule has 8 heteroatoms. The molecular weight excluding hydrogens is 456 g/mol. The summed E-state index contributed by atoms with van der Waals surface area (Å²) in [6.45, 7) is 3.70. The molecule has 4 aromatic heterocycles. The molecule has 0 aliphatic heterocycles. The van der Waals surface area contributed by atoms with Crippen molar-refractivity contribution in [1.29, 1.82) is 5.26 Å². The summed E-state index contributed by atoms with van der Waals surface area (Å²) in [4.78, 5) is 16.3. The number of pyridine rings is 2. The molecule has 0 atom stereocenters. The molecule has 0 saturated heterocycles. The molecule has 0 aliphatic carbocycles. The summed E-state index contributed by atoms with van der Waals surface area (Å²) < 4.78 is 5.76. The van der Waals surface area contributed by atoms with Crippen molar-refractivity contribution in [1.82, 2.24) is 19.9 Å². The van der Waals surface area contributed by atoms with Gasteiger partial charge in [0.1, 0.15) is 10.9 Å². The molecule has 0 saturated carbocycles. The first kappa shape index (κ1) is 22.8. The molecule has 176 valence electrons. The van der Waals surface area contributed by atoms with E-state index in [0.717, 1.165) is 61.5 Å². The number of aromatic amines is 1. The molecule has 0 spiro atoms. The van der Waals surface area contributed by atoms with Crippen molar-refractivity contribution in [3.8, 4) is 22.4 Å². The highest BCUT2D eigenvalue weighted by Gasteiger charge is 2.15. The molecule has 0 aliphatic rings. The van der Waals surface area contributed by atoms with E-state index in [0.29, 0.717) is 18.1 Å². The van der Waals surface area contributed by atoms with Gasteiger partial charge in [0.2, 0.25) is 5.88 Å². The SMILES string of the molecule is Cc1c(Nc2c(C#N)cnc3sc(-c4ccc(OCCCN(C)C)nc4)cc23)ccc2[nH]ccc12. The van der Waals surface area contributed by atoms with Gasteiger partial charge in [0.25, 0.3) is 0 Å². The molecule has 5 aromatic rings. The van der Waals surface area contributed by atoms with Gasteiger partial charge in [0.15, 0.2) is 0 Å². The van der Waals surface area contributed by atoms with Crippen molar-refractivity contribution in [3.05, 3.63) is 66.1 Å². The number of benzene rings is 1. The van der Waals surface area contributed by atoms with Crippen LogP contribution in [-0.2, 0) is 0 Å². The third kappa shape index (κ3) is 4.69.